The van der Waals surface area contributed by atoms with Crippen molar-refractivity contribution >= 4 is 23.8 Å². The van der Waals surface area contributed by atoms with Crippen molar-refractivity contribution in [1.29, 1.82) is 0 Å². The van der Waals surface area contributed by atoms with Gasteiger partial charge in [0.1, 0.15) is 0 Å². The van der Waals surface area contributed by atoms with Crippen molar-refractivity contribution in [2.24, 2.45) is 0 Å². The zero-order valence-electron chi connectivity index (χ0n) is 11.3. The Hall–Kier alpha value is -1.53. The van der Waals surface area contributed by atoms with E-state index in [9.17, 15) is 9.59 Å². The average Bonchev–Trinajstić information content (AvgIpc) is 2.39. The summed E-state index contributed by atoms with van der Waals surface area (Å²) >= 11 is 1.69. The maximum Gasteiger partial charge on any atom is 0.413 e. The minimum atomic E-state index is -0.734. The number of carbonyl (C=O) groups is 2. The van der Waals surface area contributed by atoms with Gasteiger partial charge in [-0.05, 0) is 31.0 Å². The smallest absolute Gasteiger partial charge is 0.413 e. The summed E-state index contributed by atoms with van der Waals surface area (Å²) in [6.45, 7) is 0.780. The second-order valence-corrected chi connectivity index (χ2v) is 4.94. The lowest BCUT2D eigenvalue weighted by atomic mass is 10.2. The standard InChI is InChI=1S/C13H18N2O3S/c1-15(9-12(16)14-13(17)18-2)8-10-4-6-11(19-3)7-5-10/h4-7H,8-9H2,1-3H3,(H,14,16,17). The molecular formula is C13H18N2O3S. The van der Waals surface area contributed by atoms with Crippen molar-refractivity contribution in [2.75, 3.05) is 27.0 Å². The molecule has 6 heteroatoms. The van der Waals surface area contributed by atoms with E-state index >= 15 is 0 Å². The van der Waals surface area contributed by atoms with E-state index in [1.807, 2.05) is 42.5 Å². The number of imide groups is 1. The fourth-order valence-electron chi connectivity index (χ4n) is 1.55. The largest absolute Gasteiger partial charge is 0.453 e. The van der Waals surface area contributed by atoms with Crippen molar-refractivity contribution in [3.05, 3.63) is 29.8 Å². The van der Waals surface area contributed by atoms with E-state index in [-0.39, 0.29) is 12.5 Å². The number of thioether (sulfide) groups is 1. The van der Waals surface area contributed by atoms with E-state index in [0.717, 1.165) is 5.56 Å². The molecule has 19 heavy (non-hydrogen) atoms. The average molecular weight is 282 g/mol. The van der Waals surface area contributed by atoms with Crippen LogP contribution in [-0.4, -0.2) is 43.9 Å². The summed E-state index contributed by atoms with van der Waals surface area (Å²) in [5.41, 5.74) is 1.12. The van der Waals surface area contributed by atoms with Crippen LogP contribution in [0.15, 0.2) is 29.2 Å². The van der Waals surface area contributed by atoms with Gasteiger partial charge < -0.3 is 4.74 Å². The topological polar surface area (TPSA) is 58.6 Å². The third kappa shape index (κ3) is 5.76. The number of nitrogens with zero attached hydrogens (tertiary/aromatic N) is 1. The number of rotatable bonds is 5. The summed E-state index contributed by atoms with van der Waals surface area (Å²) in [7, 11) is 3.04. The van der Waals surface area contributed by atoms with E-state index in [4.69, 9.17) is 0 Å². The SMILES string of the molecule is COC(=O)NC(=O)CN(C)Cc1ccc(SC)cc1. The first-order valence-corrected chi connectivity index (χ1v) is 6.97. The molecule has 0 atom stereocenters. The van der Waals surface area contributed by atoms with E-state index in [1.165, 1.54) is 12.0 Å². The van der Waals surface area contributed by atoms with E-state index in [1.54, 1.807) is 11.8 Å². The fraction of sp³-hybridized carbons (Fsp3) is 0.385. The van der Waals surface area contributed by atoms with Crippen LogP contribution in [0.1, 0.15) is 5.56 Å². The fourth-order valence-corrected chi connectivity index (χ4v) is 1.96. The summed E-state index contributed by atoms with van der Waals surface area (Å²) in [5, 5.41) is 2.12. The molecule has 0 saturated carbocycles. The molecule has 0 unspecified atom stereocenters. The molecular weight excluding hydrogens is 264 g/mol. The van der Waals surface area contributed by atoms with Gasteiger partial charge in [0, 0.05) is 11.4 Å². The summed E-state index contributed by atoms with van der Waals surface area (Å²) in [6.07, 6.45) is 1.29. The first kappa shape index (κ1) is 15.5. The van der Waals surface area contributed by atoms with Gasteiger partial charge in [-0.15, -0.1) is 11.8 Å². The molecule has 1 aromatic rings. The quantitative estimate of drug-likeness (QED) is 0.833. The number of hydrogen-bond acceptors (Lipinski definition) is 5. The minimum absolute atomic E-state index is 0.138. The highest BCUT2D eigenvalue weighted by atomic mass is 32.2. The van der Waals surface area contributed by atoms with Crippen molar-refractivity contribution < 1.29 is 14.3 Å². The highest BCUT2D eigenvalue weighted by molar-refractivity contribution is 7.98. The number of carbonyl (C=O) groups excluding carboxylic acids is 2. The van der Waals surface area contributed by atoms with Crippen molar-refractivity contribution in [3.8, 4) is 0 Å². The Morgan fingerprint density at radius 2 is 1.95 bits per heavy atom. The number of ether oxygens (including phenoxy) is 1. The maximum absolute atomic E-state index is 11.5. The molecule has 0 spiro atoms. The summed E-state index contributed by atoms with van der Waals surface area (Å²) < 4.78 is 4.35. The number of benzene rings is 1. The molecule has 0 fully saturated rings. The Bertz CT molecular complexity index is 434. The van der Waals surface area contributed by atoms with Crippen molar-refractivity contribution in [3.63, 3.8) is 0 Å². The van der Waals surface area contributed by atoms with Gasteiger partial charge in [0.2, 0.25) is 5.91 Å². The van der Waals surface area contributed by atoms with Crippen LogP contribution in [-0.2, 0) is 16.1 Å². The second-order valence-electron chi connectivity index (χ2n) is 4.06. The molecule has 0 saturated heterocycles. The molecule has 1 N–H and O–H groups in total. The number of methoxy groups -OCH3 is 1. The van der Waals surface area contributed by atoms with E-state index < -0.39 is 6.09 Å². The zero-order chi connectivity index (χ0) is 14.3. The molecule has 5 nitrogen and oxygen atoms in total. The first-order valence-electron chi connectivity index (χ1n) is 5.74. The molecule has 1 rings (SSSR count). The lowest BCUT2D eigenvalue weighted by Gasteiger charge is -2.15. The van der Waals surface area contributed by atoms with Crippen LogP contribution in [0.4, 0.5) is 4.79 Å². The molecule has 0 radical (unpaired) electrons. The van der Waals surface area contributed by atoms with Crippen LogP contribution in [0.25, 0.3) is 0 Å². The Morgan fingerprint density at radius 3 is 2.47 bits per heavy atom. The van der Waals surface area contributed by atoms with Gasteiger partial charge in [0.05, 0.1) is 13.7 Å². The van der Waals surface area contributed by atoms with E-state index in [2.05, 4.69) is 10.1 Å². The Morgan fingerprint density at radius 1 is 1.32 bits per heavy atom. The van der Waals surface area contributed by atoms with Crippen LogP contribution in [0, 0.1) is 0 Å². The van der Waals surface area contributed by atoms with Crippen LogP contribution >= 0.6 is 11.8 Å². The molecule has 0 heterocycles. The van der Waals surface area contributed by atoms with Gasteiger partial charge in [-0.25, -0.2) is 4.79 Å². The number of nitrogens with one attached hydrogen (secondary N) is 1. The van der Waals surface area contributed by atoms with Gasteiger partial charge in [0.15, 0.2) is 0 Å². The molecule has 2 amide bonds. The third-order valence-electron chi connectivity index (χ3n) is 2.45. The number of hydrogen-bond donors (Lipinski definition) is 1. The van der Waals surface area contributed by atoms with Crippen LogP contribution in [0.3, 0.4) is 0 Å². The second kappa shape index (κ2) is 7.81. The molecule has 1 aromatic carbocycles. The monoisotopic (exact) mass is 282 g/mol. The molecule has 0 aromatic heterocycles. The van der Waals surface area contributed by atoms with Gasteiger partial charge >= 0.3 is 6.09 Å². The first-order chi connectivity index (χ1) is 9.05. The van der Waals surface area contributed by atoms with Crippen molar-refractivity contribution in [2.45, 2.75) is 11.4 Å². The summed E-state index contributed by atoms with van der Waals surface area (Å²) in [6, 6.07) is 8.14. The molecule has 0 aliphatic heterocycles. The normalized spacial score (nSPS) is 10.3. The lowest BCUT2D eigenvalue weighted by molar-refractivity contribution is -0.121. The number of likely N-dealkylation sites (N-methyl/N-ethyl adjacent to an activating group) is 1. The number of alkyl carbamates (subject to hydrolysis) is 1. The van der Waals surface area contributed by atoms with Crippen LogP contribution in [0.5, 0.6) is 0 Å². The van der Waals surface area contributed by atoms with E-state index in [0.29, 0.717) is 6.54 Å². The minimum Gasteiger partial charge on any atom is -0.453 e. The van der Waals surface area contributed by atoms with Gasteiger partial charge in [0.25, 0.3) is 0 Å². The van der Waals surface area contributed by atoms with Gasteiger partial charge in [-0.1, -0.05) is 12.1 Å². The molecule has 0 bridgehead atoms. The Balaban J connectivity index is 2.43. The molecule has 0 aliphatic rings. The Labute approximate surface area is 117 Å². The highest BCUT2D eigenvalue weighted by Crippen LogP contribution is 2.15. The predicted molar refractivity (Wildman–Crippen MR) is 75.1 cm³/mol. The summed E-state index contributed by atoms with van der Waals surface area (Å²) in [4.78, 5) is 25.3. The third-order valence-corrected chi connectivity index (χ3v) is 3.20. The lowest BCUT2D eigenvalue weighted by Crippen LogP contribution is -2.38. The van der Waals surface area contributed by atoms with Crippen molar-refractivity contribution in [1.82, 2.24) is 10.2 Å². The van der Waals surface area contributed by atoms with Crippen LogP contribution in [0.2, 0.25) is 0 Å². The molecule has 0 aliphatic carbocycles. The van der Waals surface area contributed by atoms with Crippen LogP contribution < -0.4 is 5.32 Å². The summed E-state index contributed by atoms with van der Waals surface area (Å²) in [5.74, 6) is -0.380. The van der Waals surface area contributed by atoms with Gasteiger partial charge in [-0.3, -0.25) is 15.0 Å². The van der Waals surface area contributed by atoms with Gasteiger partial charge in [-0.2, -0.15) is 0 Å². The predicted octanol–water partition coefficient (Wildman–Crippen LogP) is 1.72. The maximum atomic E-state index is 11.5. The molecule has 104 valence electrons. The highest BCUT2D eigenvalue weighted by Gasteiger charge is 2.10. The zero-order valence-corrected chi connectivity index (χ0v) is 12.1. The number of amides is 2. The Kier molecular flexibility index (Phi) is 6.38.